The Bertz CT molecular complexity index is 833. The molecule has 2 amide bonds. The lowest BCUT2D eigenvalue weighted by molar-refractivity contribution is -0.123. The van der Waals surface area contributed by atoms with Gasteiger partial charge >= 0.3 is 0 Å². The molecule has 2 aromatic rings. The van der Waals surface area contributed by atoms with Gasteiger partial charge in [0.25, 0.3) is 5.91 Å². The summed E-state index contributed by atoms with van der Waals surface area (Å²) in [5.41, 5.74) is 2.21. The molecule has 0 saturated carbocycles. The topological polar surface area (TPSA) is 87.7 Å². The minimum Gasteiger partial charge on any atom is -0.504 e. The molecule has 2 rings (SSSR count). The molecule has 0 heterocycles. The number of ether oxygens (including phenoxy) is 1. The molecule has 0 aromatic heterocycles. The van der Waals surface area contributed by atoms with Gasteiger partial charge in [0.05, 0.1) is 7.11 Å². The number of nitrogens with one attached hydrogen (secondary N) is 2. The van der Waals surface area contributed by atoms with Crippen LogP contribution in [0.3, 0.4) is 0 Å². The van der Waals surface area contributed by atoms with Crippen molar-refractivity contribution < 1.29 is 19.4 Å². The summed E-state index contributed by atoms with van der Waals surface area (Å²) in [6.07, 6.45) is 0.530. The van der Waals surface area contributed by atoms with Crippen molar-refractivity contribution in [1.82, 2.24) is 10.6 Å². The fraction of sp³-hybridized carbons (Fsp3) is 0.364. The Labute approximate surface area is 165 Å². The molecule has 0 aliphatic heterocycles. The Hall–Kier alpha value is -3.02. The first-order valence-corrected chi connectivity index (χ1v) is 9.32. The van der Waals surface area contributed by atoms with E-state index in [1.807, 2.05) is 32.9 Å². The highest BCUT2D eigenvalue weighted by Gasteiger charge is 2.23. The molecular formula is C22H28N2O4. The van der Waals surface area contributed by atoms with Gasteiger partial charge < -0.3 is 20.5 Å². The molecule has 6 heteroatoms. The Morgan fingerprint density at radius 1 is 1.14 bits per heavy atom. The van der Waals surface area contributed by atoms with Gasteiger partial charge in [-0.3, -0.25) is 9.59 Å². The van der Waals surface area contributed by atoms with Gasteiger partial charge in [-0.25, -0.2) is 0 Å². The van der Waals surface area contributed by atoms with E-state index in [4.69, 9.17) is 4.74 Å². The van der Waals surface area contributed by atoms with E-state index in [1.165, 1.54) is 13.2 Å². The number of aromatic hydroxyl groups is 1. The zero-order chi connectivity index (χ0) is 20.7. The predicted molar refractivity (Wildman–Crippen MR) is 108 cm³/mol. The van der Waals surface area contributed by atoms with Gasteiger partial charge in [-0.2, -0.15) is 0 Å². The summed E-state index contributed by atoms with van der Waals surface area (Å²) in [7, 11) is 1.47. The highest BCUT2D eigenvalue weighted by Crippen LogP contribution is 2.26. The van der Waals surface area contributed by atoms with Crippen LogP contribution < -0.4 is 15.4 Å². The van der Waals surface area contributed by atoms with Crippen LogP contribution in [0.1, 0.15) is 41.8 Å². The zero-order valence-corrected chi connectivity index (χ0v) is 16.8. The molecule has 0 saturated heterocycles. The van der Waals surface area contributed by atoms with Crippen molar-refractivity contribution in [3.63, 3.8) is 0 Å². The number of phenols is 1. The molecule has 0 aliphatic rings. The molecule has 28 heavy (non-hydrogen) atoms. The molecule has 0 radical (unpaired) electrons. The van der Waals surface area contributed by atoms with E-state index in [-0.39, 0.29) is 30.0 Å². The van der Waals surface area contributed by atoms with Crippen molar-refractivity contribution in [1.29, 1.82) is 0 Å². The Balaban J connectivity index is 2.06. The highest BCUT2D eigenvalue weighted by atomic mass is 16.5. The fourth-order valence-electron chi connectivity index (χ4n) is 2.91. The second kappa shape index (κ2) is 9.78. The minimum absolute atomic E-state index is 0.0424. The van der Waals surface area contributed by atoms with Crippen molar-refractivity contribution in [2.75, 3.05) is 7.11 Å². The van der Waals surface area contributed by atoms with Crippen molar-refractivity contribution >= 4 is 11.8 Å². The second-order valence-corrected chi connectivity index (χ2v) is 7.19. The molecule has 150 valence electrons. The Kier molecular flexibility index (Phi) is 7.44. The third-order valence-electron chi connectivity index (χ3n) is 4.43. The van der Waals surface area contributed by atoms with Crippen LogP contribution in [-0.2, 0) is 11.3 Å². The lowest BCUT2D eigenvalue weighted by Crippen LogP contribution is -2.47. The standard InChI is InChI=1S/C22H28N2O4/c1-14(2)11-18(24-21(26)17-8-6-5-7-15(17)3)22(27)23-13-16-9-10-19(25)20(12-16)28-4/h5-10,12,14,18,25H,11,13H2,1-4H3,(H,23,27)(H,24,26). The highest BCUT2D eigenvalue weighted by molar-refractivity contribution is 5.98. The quantitative estimate of drug-likeness (QED) is 0.652. The third kappa shape index (κ3) is 5.74. The van der Waals surface area contributed by atoms with E-state index in [0.717, 1.165) is 11.1 Å². The van der Waals surface area contributed by atoms with E-state index in [2.05, 4.69) is 10.6 Å². The number of carbonyl (C=O) groups excluding carboxylic acids is 2. The lowest BCUT2D eigenvalue weighted by atomic mass is 10.0. The molecule has 0 spiro atoms. The minimum atomic E-state index is -0.633. The number of carbonyl (C=O) groups is 2. The molecule has 1 atom stereocenters. The van der Waals surface area contributed by atoms with Crippen molar-refractivity contribution in [3.05, 3.63) is 59.2 Å². The number of hydrogen-bond acceptors (Lipinski definition) is 4. The molecule has 0 aliphatic carbocycles. The second-order valence-electron chi connectivity index (χ2n) is 7.19. The molecule has 1 unspecified atom stereocenters. The maximum absolute atomic E-state index is 12.7. The number of aryl methyl sites for hydroxylation is 1. The van der Waals surface area contributed by atoms with E-state index >= 15 is 0 Å². The van der Waals surface area contributed by atoms with Gasteiger partial charge in [-0.1, -0.05) is 38.1 Å². The summed E-state index contributed by atoms with van der Waals surface area (Å²) >= 11 is 0. The summed E-state index contributed by atoms with van der Waals surface area (Å²) in [5, 5.41) is 15.4. The van der Waals surface area contributed by atoms with Crippen molar-refractivity contribution in [2.45, 2.75) is 39.8 Å². The van der Waals surface area contributed by atoms with Gasteiger partial charge in [0, 0.05) is 12.1 Å². The first-order valence-electron chi connectivity index (χ1n) is 9.32. The van der Waals surface area contributed by atoms with Gasteiger partial charge in [0.1, 0.15) is 6.04 Å². The lowest BCUT2D eigenvalue weighted by Gasteiger charge is -2.21. The molecule has 0 fully saturated rings. The molecule has 2 aromatic carbocycles. The smallest absolute Gasteiger partial charge is 0.252 e. The number of hydrogen-bond donors (Lipinski definition) is 3. The van der Waals surface area contributed by atoms with Crippen LogP contribution in [0.2, 0.25) is 0 Å². The first kappa shape index (κ1) is 21.3. The van der Waals surface area contributed by atoms with Gasteiger partial charge in [-0.05, 0) is 48.6 Å². The summed E-state index contributed by atoms with van der Waals surface area (Å²) in [6, 6.07) is 11.6. The Morgan fingerprint density at radius 3 is 2.50 bits per heavy atom. The fourth-order valence-corrected chi connectivity index (χ4v) is 2.91. The van der Waals surface area contributed by atoms with Crippen LogP contribution in [-0.4, -0.2) is 30.1 Å². The summed E-state index contributed by atoms with van der Waals surface area (Å²) in [6.45, 7) is 6.14. The molecule has 0 bridgehead atoms. The number of rotatable bonds is 8. The van der Waals surface area contributed by atoms with Crippen LogP contribution in [0.25, 0.3) is 0 Å². The Morgan fingerprint density at radius 2 is 1.86 bits per heavy atom. The summed E-state index contributed by atoms with van der Waals surface area (Å²) in [5.74, 6) is 0.119. The summed E-state index contributed by atoms with van der Waals surface area (Å²) in [4.78, 5) is 25.3. The van der Waals surface area contributed by atoms with Crippen molar-refractivity contribution in [2.24, 2.45) is 5.92 Å². The molecular weight excluding hydrogens is 356 g/mol. The number of phenolic OH excluding ortho intramolecular Hbond substituents is 1. The number of amides is 2. The summed E-state index contributed by atoms with van der Waals surface area (Å²) < 4.78 is 5.09. The van der Waals surface area contributed by atoms with E-state index in [1.54, 1.807) is 24.3 Å². The third-order valence-corrected chi connectivity index (χ3v) is 4.43. The first-order chi connectivity index (χ1) is 13.3. The average molecular weight is 384 g/mol. The van der Waals surface area contributed by atoms with Crippen LogP contribution in [0.4, 0.5) is 0 Å². The monoisotopic (exact) mass is 384 g/mol. The van der Waals surface area contributed by atoms with E-state index < -0.39 is 6.04 Å². The van der Waals surface area contributed by atoms with Crippen LogP contribution >= 0.6 is 0 Å². The van der Waals surface area contributed by atoms with Gasteiger partial charge in [0.2, 0.25) is 5.91 Å². The number of benzene rings is 2. The van der Waals surface area contributed by atoms with Gasteiger partial charge in [0.15, 0.2) is 11.5 Å². The normalized spacial score (nSPS) is 11.8. The van der Waals surface area contributed by atoms with E-state index in [9.17, 15) is 14.7 Å². The number of methoxy groups -OCH3 is 1. The SMILES string of the molecule is COc1cc(CNC(=O)C(CC(C)C)NC(=O)c2ccccc2C)ccc1O. The zero-order valence-electron chi connectivity index (χ0n) is 16.8. The van der Waals surface area contributed by atoms with Crippen LogP contribution in [0, 0.1) is 12.8 Å². The largest absolute Gasteiger partial charge is 0.504 e. The molecule has 6 nitrogen and oxygen atoms in total. The average Bonchev–Trinajstić information content (AvgIpc) is 2.66. The van der Waals surface area contributed by atoms with Crippen LogP contribution in [0.5, 0.6) is 11.5 Å². The predicted octanol–water partition coefficient (Wildman–Crippen LogP) is 3.17. The van der Waals surface area contributed by atoms with Crippen molar-refractivity contribution in [3.8, 4) is 11.5 Å². The van der Waals surface area contributed by atoms with Gasteiger partial charge in [-0.15, -0.1) is 0 Å². The maximum Gasteiger partial charge on any atom is 0.252 e. The van der Waals surface area contributed by atoms with E-state index in [0.29, 0.717) is 17.7 Å². The van der Waals surface area contributed by atoms with Crippen LogP contribution in [0.15, 0.2) is 42.5 Å². The maximum atomic E-state index is 12.7. The molecule has 3 N–H and O–H groups in total.